The maximum Gasteiger partial charge on any atom is 0.261 e. The third kappa shape index (κ3) is 5.07. The molecule has 0 bridgehead atoms. The third-order valence-corrected chi connectivity index (χ3v) is 8.19. The quantitative estimate of drug-likeness (QED) is 0.385. The number of nitrogens with one attached hydrogen (secondary N) is 1. The number of morpholine rings is 1. The minimum absolute atomic E-state index is 0.0545. The number of ether oxygens (including phenoxy) is 1. The number of sulfonamides is 1. The lowest BCUT2D eigenvalue weighted by Gasteiger charge is -2.32. The molecule has 1 N–H and O–H groups in total. The Morgan fingerprint density at radius 3 is 2.47 bits per heavy atom. The van der Waals surface area contributed by atoms with Gasteiger partial charge in [0.2, 0.25) is 0 Å². The highest BCUT2D eigenvalue weighted by Crippen LogP contribution is 2.36. The van der Waals surface area contributed by atoms with E-state index in [1.54, 1.807) is 11.4 Å². The van der Waals surface area contributed by atoms with Gasteiger partial charge < -0.3 is 14.7 Å². The van der Waals surface area contributed by atoms with E-state index in [1.165, 1.54) is 24.3 Å². The van der Waals surface area contributed by atoms with E-state index in [0.29, 0.717) is 23.9 Å². The zero-order valence-corrected chi connectivity index (χ0v) is 21.5. The summed E-state index contributed by atoms with van der Waals surface area (Å²) in [6.45, 7) is 8.82. The van der Waals surface area contributed by atoms with E-state index in [2.05, 4.69) is 21.5 Å². The van der Waals surface area contributed by atoms with Crippen molar-refractivity contribution in [3.8, 4) is 0 Å². The van der Waals surface area contributed by atoms with Crippen molar-refractivity contribution in [3.05, 3.63) is 68.4 Å². The molecule has 2 heterocycles. The largest absolute Gasteiger partial charge is 0.858 e. The molecule has 1 aromatic heterocycles. The molecule has 1 aliphatic rings. The van der Waals surface area contributed by atoms with Gasteiger partial charge in [-0.3, -0.25) is 9.71 Å². The first-order chi connectivity index (χ1) is 16.2. The van der Waals surface area contributed by atoms with Gasteiger partial charge in [-0.05, 0) is 73.2 Å². The molecule has 3 aromatic rings. The molecule has 7 nitrogen and oxygen atoms in total. The molecule has 4 rings (SSSR count). The minimum atomic E-state index is -3.89. The van der Waals surface area contributed by atoms with Crippen molar-refractivity contribution < 1.29 is 18.3 Å². The highest BCUT2D eigenvalue weighted by atomic mass is 35.5. The molecule has 0 saturated carbocycles. The second-order valence-electron chi connectivity index (χ2n) is 8.07. The van der Waals surface area contributed by atoms with Crippen LogP contribution in [-0.2, 0) is 14.8 Å². The zero-order chi connectivity index (χ0) is 24.5. The summed E-state index contributed by atoms with van der Waals surface area (Å²) < 4.78 is 33.6. The van der Waals surface area contributed by atoms with Crippen molar-refractivity contribution in [2.24, 2.45) is 4.99 Å². The van der Waals surface area contributed by atoms with Crippen molar-refractivity contribution in [3.63, 3.8) is 0 Å². The van der Waals surface area contributed by atoms with E-state index in [4.69, 9.17) is 16.3 Å². The van der Waals surface area contributed by atoms with Crippen molar-refractivity contribution >= 4 is 55.9 Å². The fourth-order valence-corrected chi connectivity index (χ4v) is 6.13. The first-order valence-corrected chi connectivity index (χ1v) is 13.5. The van der Waals surface area contributed by atoms with Gasteiger partial charge in [0, 0.05) is 29.7 Å². The zero-order valence-electron chi connectivity index (χ0n) is 19.1. The second-order valence-corrected chi connectivity index (χ2v) is 11.1. The van der Waals surface area contributed by atoms with Crippen molar-refractivity contribution in [1.29, 1.82) is 0 Å². The van der Waals surface area contributed by atoms with Crippen LogP contribution in [-0.4, -0.2) is 40.6 Å². The summed E-state index contributed by atoms with van der Waals surface area (Å²) in [5.74, 6) is -0.494. The minimum Gasteiger partial charge on any atom is -0.858 e. The van der Waals surface area contributed by atoms with Crippen LogP contribution in [0, 0.1) is 20.8 Å². The Morgan fingerprint density at radius 1 is 1.12 bits per heavy atom. The van der Waals surface area contributed by atoms with E-state index in [9.17, 15) is 13.5 Å². The van der Waals surface area contributed by atoms with Crippen LogP contribution in [0.5, 0.6) is 0 Å². The fourth-order valence-electron chi connectivity index (χ4n) is 4.14. The lowest BCUT2D eigenvalue weighted by atomic mass is 10.0. The first kappa shape index (κ1) is 24.5. The lowest BCUT2D eigenvalue weighted by Crippen LogP contribution is -2.37. The highest BCUT2D eigenvalue weighted by molar-refractivity contribution is 7.92. The van der Waals surface area contributed by atoms with Crippen molar-refractivity contribution in [2.75, 3.05) is 35.9 Å². The van der Waals surface area contributed by atoms with Gasteiger partial charge in [0.25, 0.3) is 10.0 Å². The highest BCUT2D eigenvalue weighted by Gasteiger charge is 2.20. The molecule has 0 unspecified atom stereocenters. The number of thiophene rings is 1. The van der Waals surface area contributed by atoms with Gasteiger partial charge in [0.05, 0.1) is 34.4 Å². The molecule has 2 aromatic carbocycles. The Labute approximate surface area is 208 Å². The average molecular weight is 519 g/mol. The summed E-state index contributed by atoms with van der Waals surface area (Å²) in [6, 6.07) is 9.42. The summed E-state index contributed by atoms with van der Waals surface area (Å²) in [6.07, 6.45) is 0. The Morgan fingerprint density at radius 2 is 1.79 bits per heavy atom. The van der Waals surface area contributed by atoms with E-state index >= 15 is 0 Å². The van der Waals surface area contributed by atoms with Crippen LogP contribution in [0.2, 0.25) is 5.02 Å². The Balaban J connectivity index is 1.68. The van der Waals surface area contributed by atoms with Gasteiger partial charge in [-0.15, -0.1) is 11.3 Å². The first-order valence-electron chi connectivity index (χ1n) is 10.7. The molecule has 1 fully saturated rings. The lowest BCUT2D eigenvalue weighted by molar-refractivity contribution is -0.212. The van der Waals surface area contributed by atoms with E-state index in [0.717, 1.165) is 46.8 Å². The SMILES string of the molecule is Cc1cc(C)c(N2CCOCC2)c(C)c1N=C([O-])c1sccc1NS(=O)(=O)c1ccc(Cl)cc1. The topological polar surface area (TPSA) is 94.1 Å². The average Bonchev–Trinajstić information content (AvgIpc) is 3.25. The van der Waals surface area contributed by atoms with Gasteiger partial charge in [-0.25, -0.2) is 8.42 Å². The number of nitrogens with zero attached hydrogens (tertiary/aromatic N) is 2. The number of halogens is 1. The van der Waals surface area contributed by atoms with Gasteiger partial charge in [-0.2, -0.15) is 0 Å². The van der Waals surface area contributed by atoms with Crippen LogP contribution in [0.25, 0.3) is 0 Å². The predicted octanol–water partition coefficient (Wildman–Crippen LogP) is 4.40. The molecular weight excluding hydrogens is 494 g/mol. The van der Waals surface area contributed by atoms with E-state index in [-0.39, 0.29) is 15.5 Å². The molecule has 1 saturated heterocycles. The molecule has 0 atom stereocenters. The molecule has 34 heavy (non-hydrogen) atoms. The van der Waals surface area contributed by atoms with Gasteiger partial charge >= 0.3 is 0 Å². The van der Waals surface area contributed by atoms with Crippen LogP contribution in [0.4, 0.5) is 17.1 Å². The molecule has 0 amide bonds. The number of hydrogen-bond donors (Lipinski definition) is 1. The predicted molar refractivity (Wildman–Crippen MR) is 136 cm³/mol. The second kappa shape index (κ2) is 9.95. The molecule has 10 heteroatoms. The fraction of sp³-hybridized carbons (Fsp3) is 0.292. The Hall–Kier alpha value is -2.59. The molecule has 0 radical (unpaired) electrons. The Bertz CT molecular complexity index is 1330. The number of anilines is 2. The van der Waals surface area contributed by atoms with Crippen molar-refractivity contribution in [2.45, 2.75) is 25.7 Å². The maximum atomic E-state index is 13.2. The smallest absolute Gasteiger partial charge is 0.261 e. The molecular formula is C24H25ClN3O4S2-. The van der Waals surface area contributed by atoms with E-state index in [1.807, 2.05) is 19.9 Å². The Kier molecular flexibility index (Phi) is 7.18. The van der Waals surface area contributed by atoms with E-state index < -0.39 is 15.9 Å². The summed E-state index contributed by atoms with van der Waals surface area (Å²) >= 11 is 7.01. The summed E-state index contributed by atoms with van der Waals surface area (Å²) in [5.41, 5.74) is 4.81. The number of hydrogen-bond acceptors (Lipinski definition) is 7. The van der Waals surface area contributed by atoms with Crippen LogP contribution < -0.4 is 14.7 Å². The summed E-state index contributed by atoms with van der Waals surface area (Å²) in [7, 11) is -3.89. The van der Waals surface area contributed by atoms with Gasteiger partial charge in [0.1, 0.15) is 0 Å². The molecule has 0 spiro atoms. The van der Waals surface area contributed by atoms with Gasteiger partial charge in [0.15, 0.2) is 0 Å². The number of aryl methyl sites for hydroxylation is 2. The maximum absolute atomic E-state index is 13.2. The molecule has 0 aliphatic carbocycles. The standard InChI is InChI=1S/C24H26ClN3O4S2/c1-15-14-16(2)22(28-9-11-32-12-10-28)17(3)21(15)26-24(29)23-20(8-13-33-23)27-34(30,31)19-6-4-18(25)5-7-19/h4-8,13-14,27H,9-12H2,1-3H3,(H,26,29)/p-1. The monoisotopic (exact) mass is 518 g/mol. The molecule has 1 aliphatic heterocycles. The summed E-state index contributed by atoms with van der Waals surface area (Å²) in [5, 5.41) is 15.3. The third-order valence-electron chi connectivity index (χ3n) is 5.66. The summed E-state index contributed by atoms with van der Waals surface area (Å²) in [4.78, 5) is 6.97. The number of rotatable bonds is 6. The molecule has 180 valence electrons. The van der Waals surface area contributed by atoms with Crippen LogP contribution in [0.3, 0.4) is 0 Å². The number of aliphatic imine (C=N–C) groups is 1. The van der Waals surface area contributed by atoms with Crippen LogP contribution in [0.15, 0.2) is 51.7 Å². The van der Waals surface area contributed by atoms with Crippen molar-refractivity contribution in [1.82, 2.24) is 0 Å². The van der Waals surface area contributed by atoms with Gasteiger partial charge in [-0.1, -0.05) is 17.7 Å². The van der Waals surface area contributed by atoms with Crippen LogP contribution >= 0.6 is 22.9 Å². The van der Waals surface area contributed by atoms with Crippen LogP contribution in [0.1, 0.15) is 21.6 Å². The normalized spacial score (nSPS) is 14.9. The number of benzene rings is 2.